The highest BCUT2D eigenvalue weighted by molar-refractivity contribution is 8.02. The van der Waals surface area contributed by atoms with E-state index in [2.05, 4.69) is 92.0 Å². The lowest BCUT2D eigenvalue weighted by Crippen LogP contribution is -2.59. The van der Waals surface area contributed by atoms with Crippen molar-refractivity contribution in [3.8, 4) is 0 Å². The molecule has 0 amide bonds. The van der Waals surface area contributed by atoms with Crippen molar-refractivity contribution in [1.82, 2.24) is 0 Å². The van der Waals surface area contributed by atoms with Gasteiger partial charge in [-0.15, -0.1) is 0 Å². The van der Waals surface area contributed by atoms with Gasteiger partial charge in [-0.25, -0.2) is 0 Å². The van der Waals surface area contributed by atoms with Gasteiger partial charge in [-0.1, -0.05) is 158 Å². The minimum Gasteiger partial charge on any atom is -0.545 e. The van der Waals surface area contributed by atoms with Crippen LogP contribution in [0.5, 0.6) is 0 Å². The number of aliphatic hydroxyl groups excluding tert-OH is 1. The van der Waals surface area contributed by atoms with E-state index in [-0.39, 0.29) is 6.42 Å². The average Bonchev–Trinajstić information content (AvgIpc) is 3.16. The predicted molar refractivity (Wildman–Crippen MR) is 226 cm³/mol. The molecule has 0 heterocycles. The Labute approximate surface area is 330 Å². The molecule has 2 aliphatic rings. The van der Waals surface area contributed by atoms with Crippen molar-refractivity contribution in [2.24, 2.45) is 5.41 Å². The molecular weight excluding hydrogens is 705 g/mol. The van der Waals surface area contributed by atoms with Crippen LogP contribution >= 0.6 is 11.8 Å². The normalized spacial score (nSPS) is 20.5. The van der Waals surface area contributed by atoms with Crippen LogP contribution in [-0.4, -0.2) is 36.5 Å². The highest BCUT2D eigenvalue weighted by atomic mass is 32.2. The molecule has 2 aliphatic carbocycles. The maximum Gasteiger partial charge on any atom is 0.258 e. The van der Waals surface area contributed by atoms with Crippen molar-refractivity contribution >= 4 is 20.1 Å². The fourth-order valence-corrected chi connectivity index (χ4v) is 15.0. The van der Waals surface area contributed by atoms with Gasteiger partial charge in [0.25, 0.3) is 8.32 Å². The second-order valence-corrected chi connectivity index (χ2v) is 22.7. The number of hydrogen-bond donors (Lipinski definition) is 2. The fourth-order valence-electron chi connectivity index (χ4n) is 8.62. The fraction of sp³-hybridized carbons (Fsp3) is 0.447. The summed E-state index contributed by atoms with van der Waals surface area (Å²) in [5.41, 5.74) is 4.03. The van der Waals surface area contributed by atoms with Crippen LogP contribution in [0, 0.1) is 5.41 Å². The second-order valence-electron chi connectivity index (χ2n) is 16.4. The first kappa shape index (κ1) is 42.0. The van der Waals surface area contributed by atoms with E-state index >= 15 is 0 Å². The first-order valence-corrected chi connectivity index (χ1v) is 22.7. The zero-order chi connectivity index (χ0) is 39.1. The summed E-state index contributed by atoms with van der Waals surface area (Å²) in [4.78, 5) is 1.11. The van der Waals surface area contributed by atoms with Gasteiger partial charge in [-0.05, 0) is 81.8 Å². The second kappa shape index (κ2) is 18.2. The van der Waals surface area contributed by atoms with Crippen LogP contribution in [-0.2, 0) is 27.1 Å². The molecule has 0 saturated heterocycles. The largest absolute Gasteiger partial charge is 0.545 e. The highest BCUT2D eigenvalue weighted by Gasteiger charge is 2.58. The van der Waals surface area contributed by atoms with Gasteiger partial charge in [0.2, 0.25) is 0 Å². The van der Waals surface area contributed by atoms with Gasteiger partial charge < -0.3 is 24.1 Å². The maximum absolute atomic E-state index is 13.4. The SMILES string of the molecule is CC1=C(O[Si](C(C)C)(C(C)C)C(C)C)C[C@@](O)([C@@H](O)C2=CCCC=C2C(OCc2ccccc2)OCc2ccccc2)C(C)(C)/C1=C\Sc1ccccc1. The number of benzene rings is 3. The molecule has 0 aromatic heterocycles. The highest BCUT2D eigenvalue weighted by Crippen LogP contribution is 2.56. The van der Waals surface area contributed by atoms with Crippen molar-refractivity contribution in [2.75, 3.05) is 0 Å². The minimum atomic E-state index is -2.42. The molecule has 0 saturated carbocycles. The van der Waals surface area contributed by atoms with Gasteiger partial charge in [0.15, 0.2) is 6.29 Å². The topological polar surface area (TPSA) is 68.2 Å². The summed E-state index contributed by atoms with van der Waals surface area (Å²) in [6.45, 7) is 20.6. The Bertz CT molecular complexity index is 1730. The zero-order valence-corrected chi connectivity index (χ0v) is 35.7. The van der Waals surface area contributed by atoms with E-state index in [1.807, 2.05) is 78.9 Å². The lowest BCUT2D eigenvalue weighted by molar-refractivity contribution is -0.143. The third-order valence-corrected chi connectivity index (χ3v) is 18.7. The van der Waals surface area contributed by atoms with Crippen LogP contribution in [0.2, 0.25) is 16.6 Å². The predicted octanol–water partition coefficient (Wildman–Crippen LogP) is 12.1. The Morgan fingerprint density at radius 2 is 1.19 bits per heavy atom. The number of rotatable bonds is 16. The van der Waals surface area contributed by atoms with Crippen LogP contribution < -0.4 is 0 Å². The summed E-state index contributed by atoms with van der Waals surface area (Å²) < 4.78 is 20.6. The molecule has 0 radical (unpaired) electrons. The Kier molecular flexibility index (Phi) is 14.1. The van der Waals surface area contributed by atoms with E-state index in [0.29, 0.717) is 35.4 Å². The van der Waals surface area contributed by atoms with E-state index in [1.165, 1.54) is 0 Å². The lowest BCUT2D eigenvalue weighted by Gasteiger charge is -2.53. The first-order chi connectivity index (χ1) is 25.7. The molecule has 0 spiro atoms. The summed E-state index contributed by atoms with van der Waals surface area (Å²) in [5.74, 6) is 0.790. The van der Waals surface area contributed by atoms with Crippen LogP contribution in [0.25, 0.3) is 0 Å². The molecule has 5 nitrogen and oxygen atoms in total. The number of ether oxygens (including phenoxy) is 2. The van der Waals surface area contributed by atoms with Crippen LogP contribution in [0.15, 0.2) is 142 Å². The summed E-state index contributed by atoms with van der Waals surface area (Å²) in [6.07, 6.45) is 3.88. The molecule has 290 valence electrons. The van der Waals surface area contributed by atoms with Gasteiger partial charge in [0, 0.05) is 22.3 Å². The maximum atomic E-state index is 13.4. The number of hydrogen-bond acceptors (Lipinski definition) is 6. The molecule has 54 heavy (non-hydrogen) atoms. The van der Waals surface area contributed by atoms with Gasteiger partial charge in [-0.2, -0.15) is 0 Å². The Hall–Kier alpha value is -3.17. The van der Waals surface area contributed by atoms with Crippen LogP contribution in [0.3, 0.4) is 0 Å². The molecule has 0 fully saturated rings. The monoisotopic (exact) mass is 766 g/mol. The van der Waals surface area contributed by atoms with E-state index in [9.17, 15) is 10.2 Å². The first-order valence-electron chi connectivity index (χ1n) is 19.7. The van der Waals surface area contributed by atoms with Crippen molar-refractivity contribution in [2.45, 2.75) is 134 Å². The molecular formula is C47H62O5SSi. The molecule has 5 rings (SSSR count). The standard InChI is InChI=1S/C47H62O5SSi/c1-33(2)54(34(3)4,35(5)6)52-43-29-47(49,46(8,9)42(36(43)7)32-53-39-25-17-12-18-26-39)44(48)40-27-19-20-28-41(40)45(50-30-37-21-13-10-14-22-37)51-31-38-23-15-11-16-24-38/h10-18,21-28,32-35,44-45,48-49H,19-20,29-31H2,1-9H3/b42-32-/t44-,47+/m0/s1. The summed E-state index contributed by atoms with van der Waals surface area (Å²) in [6, 6.07) is 30.4. The van der Waals surface area contributed by atoms with Gasteiger partial charge in [0.1, 0.15) is 11.7 Å². The van der Waals surface area contributed by atoms with Crippen molar-refractivity contribution < 1.29 is 24.1 Å². The Morgan fingerprint density at radius 1 is 0.722 bits per heavy atom. The number of aliphatic hydroxyl groups is 2. The summed E-state index contributed by atoms with van der Waals surface area (Å²) in [7, 11) is -2.42. The molecule has 7 heteroatoms. The van der Waals surface area contributed by atoms with E-state index in [4.69, 9.17) is 13.9 Å². The molecule has 0 aliphatic heterocycles. The quantitative estimate of drug-likeness (QED) is 0.0860. The van der Waals surface area contributed by atoms with E-state index in [1.54, 1.807) is 11.8 Å². The summed E-state index contributed by atoms with van der Waals surface area (Å²) >= 11 is 1.64. The van der Waals surface area contributed by atoms with Gasteiger partial charge in [0.05, 0.1) is 19.0 Å². The number of allylic oxidation sites excluding steroid dienone is 3. The molecule has 2 atom stereocenters. The molecule has 0 unspecified atom stereocenters. The number of thioether (sulfide) groups is 1. The van der Waals surface area contributed by atoms with Gasteiger partial charge >= 0.3 is 0 Å². The molecule has 3 aromatic carbocycles. The Morgan fingerprint density at radius 3 is 1.67 bits per heavy atom. The average molecular weight is 767 g/mol. The van der Waals surface area contributed by atoms with E-state index in [0.717, 1.165) is 51.3 Å². The smallest absolute Gasteiger partial charge is 0.258 e. The third-order valence-electron chi connectivity index (χ3n) is 11.8. The van der Waals surface area contributed by atoms with Crippen LogP contribution in [0.1, 0.15) is 92.7 Å². The molecule has 3 aromatic rings. The van der Waals surface area contributed by atoms with Crippen molar-refractivity contribution in [3.05, 3.63) is 148 Å². The van der Waals surface area contributed by atoms with Gasteiger partial charge in [-0.3, -0.25) is 0 Å². The Balaban J connectivity index is 1.57. The van der Waals surface area contributed by atoms with E-state index < -0.39 is 31.7 Å². The third kappa shape index (κ3) is 8.93. The van der Waals surface area contributed by atoms with Crippen molar-refractivity contribution in [3.63, 3.8) is 0 Å². The lowest BCUT2D eigenvalue weighted by atomic mass is 9.59. The van der Waals surface area contributed by atoms with Crippen molar-refractivity contribution in [1.29, 1.82) is 0 Å². The van der Waals surface area contributed by atoms with Crippen LogP contribution in [0.4, 0.5) is 0 Å². The zero-order valence-electron chi connectivity index (χ0n) is 33.8. The minimum absolute atomic E-state index is 0.187. The molecule has 2 N–H and O–H groups in total. The summed E-state index contributed by atoms with van der Waals surface area (Å²) in [5, 5.41) is 28.4. The molecule has 0 bridgehead atoms.